The Morgan fingerprint density at radius 3 is 2.52 bits per heavy atom. The minimum absolute atomic E-state index is 0.0912. The quantitative estimate of drug-likeness (QED) is 0.616. The molecule has 2 aromatic rings. The fourth-order valence-corrected chi connectivity index (χ4v) is 2.72. The van der Waals surface area contributed by atoms with Crippen molar-refractivity contribution in [2.24, 2.45) is 7.05 Å². The van der Waals surface area contributed by atoms with Crippen molar-refractivity contribution >= 4 is 35.3 Å². The van der Waals surface area contributed by atoms with Crippen LogP contribution >= 0.6 is 11.8 Å². The van der Waals surface area contributed by atoms with Crippen LogP contribution in [0.1, 0.15) is 20.7 Å². The number of aromatic nitrogens is 2. The molecule has 2 rings (SSSR count). The molecule has 1 amide bonds. The Hall–Kier alpha value is -2.81. The Labute approximate surface area is 148 Å². The molecule has 0 radical (unpaired) electrons. The van der Waals surface area contributed by atoms with Crippen molar-refractivity contribution in [3.05, 3.63) is 41.7 Å². The maximum absolute atomic E-state index is 12.2. The number of benzene rings is 1. The summed E-state index contributed by atoms with van der Waals surface area (Å²) in [4.78, 5) is 39.8. The minimum Gasteiger partial charge on any atom is -0.465 e. The molecule has 8 nitrogen and oxygen atoms in total. The summed E-state index contributed by atoms with van der Waals surface area (Å²) in [6, 6.07) is 4.21. The number of ether oxygens (including phenoxy) is 2. The number of nitrogens with zero attached hydrogens (tertiary/aromatic N) is 2. The van der Waals surface area contributed by atoms with Crippen LogP contribution in [0.3, 0.4) is 0 Å². The summed E-state index contributed by atoms with van der Waals surface area (Å²) in [5, 5.41) is 3.31. The first kappa shape index (κ1) is 18.5. The normalized spacial score (nSPS) is 10.2. The Balaban J connectivity index is 2.17. The van der Waals surface area contributed by atoms with Crippen molar-refractivity contribution in [2.45, 2.75) is 5.16 Å². The first-order valence-corrected chi connectivity index (χ1v) is 8.15. The Kier molecular flexibility index (Phi) is 6.18. The molecule has 0 bridgehead atoms. The van der Waals surface area contributed by atoms with Gasteiger partial charge < -0.3 is 19.4 Å². The lowest BCUT2D eigenvalue weighted by atomic mass is 10.1. The fourth-order valence-electron chi connectivity index (χ4n) is 1.99. The van der Waals surface area contributed by atoms with Crippen LogP contribution in [-0.2, 0) is 21.3 Å². The van der Waals surface area contributed by atoms with Crippen molar-refractivity contribution in [3.63, 3.8) is 0 Å². The summed E-state index contributed by atoms with van der Waals surface area (Å²) in [6.07, 6.45) is 3.41. The van der Waals surface area contributed by atoms with Crippen LogP contribution in [0, 0.1) is 0 Å². The van der Waals surface area contributed by atoms with E-state index in [9.17, 15) is 14.4 Å². The number of thioether (sulfide) groups is 1. The summed E-state index contributed by atoms with van der Waals surface area (Å²) < 4.78 is 11.1. The number of amides is 1. The third-order valence-electron chi connectivity index (χ3n) is 3.23. The van der Waals surface area contributed by atoms with E-state index >= 15 is 0 Å². The largest absolute Gasteiger partial charge is 0.465 e. The van der Waals surface area contributed by atoms with E-state index in [-0.39, 0.29) is 28.5 Å². The number of anilines is 1. The second-order valence-corrected chi connectivity index (χ2v) is 5.84. The Morgan fingerprint density at radius 1 is 1.20 bits per heavy atom. The van der Waals surface area contributed by atoms with Gasteiger partial charge >= 0.3 is 11.9 Å². The standard InChI is InChI=1S/C16H17N3O5S/c1-19-7-6-17-16(19)25-9-13(20)18-12-8-10(14(21)23-2)4-5-11(12)15(22)24-3/h4-8H,9H2,1-3H3,(H,18,20). The molecule has 1 aromatic carbocycles. The molecule has 0 aliphatic rings. The average molecular weight is 363 g/mol. The van der Waals surface area contributed by atoms with Gasteiger partial charge in [-0.15, -0.1) is 0 Å². The highest BCUT2D eigenvalue weighted by atomic mass is 32.2. The van der Waals surface area contributed by atoms with E-state index in [4.69, 9.17) is 4.74 Å². The maximum atomic E-state index is 12.2. The van der Waals surface area contributed by atoms with Crippen LogP contribution in [0.15, 0.2) is 35.7 Å². The molecular weight excluding hydrogens is 346 g/mol. The zero-order chi connectivity index (χ0) is 18.4. The molecule has 1 aromatic heterocycles. The molecule has 1 heterocycles. The van der Waals surface area contributed by atoms with Crippen molar-refractivity contribution in [2.75, 3.05) is 25.3 Å². The van der Waals surface area contributed by atoms with Gasteiger partial charge in [0.1, 0.15) is 0 Å². The monoisotopic (exact) mass is 363 g/mol. The zero-order valence-corrected chi connectivity index (χ0v) is 14.8. The van der Waals surface area contributed by atoms with Gasteiger partial charge in [0, 0.05) is 19.4 Å². The first-order chi connectivity index (χ1) is 12.0. The predicted molar refractivity (Wildman–Crippen MR) is 91.7 cm³/mol. The Bertz CT molecular complexity index is 803. The first-order valence-electron chi connectivity index (χ1n) is 7.17. The van der Waals surface area contributed by atoms with E-state index in [1.807, 2.05) is 7.05 Å². The molecule has 0 saturated carbocycles. The smallest absolute Gasteiger partial charge is 0.339 e. The number of aryl methyl sites for hydroxylation is 1. The number of methoxy groups -OCH3 is 2. The lowest BCUT2D eigenvalue weighted by Crippen LogP contribution is -2.18. The maximum Gasteiger partial charge on any atom is 0.339 e. The molecule has 0 saturated heterocycles. The lowest BCUT2D eigenvalue weighted by Gasteiger charge is -2.11. The SMILES string of the molecule is COC(=O)c1ccc(C(=O)OC)c(NC(=O)CSc2nccn2C)c1. The molecule has 0 aliphatic carbocycles. The van der Waals surface area contributed by atoms with Gasteiger partial charge in [-0.25, -0.2) is 14.6 Å². The van der Waals surface area contributed by atoms with E-state index in [0.717, 1.165) is 0 Å². The molecule has 0 unspecified atom stereocenters. The number of esters is 2. The average Bonchev–Trinajstić information content (AvgIpc) is 3.03. The van der Waals surface area contributed by atoms with Crippen LogP contribution in [0.4, 0.5) is 5.69 Å². The molecular formula is C16H17N3O5S. The second kappa shape index (κ2) is 8.34. The third-order valence-corrected chi connectivity index (χ3v) is 4.29. The topological polar surface area (TPSA) is 99.5 Å². The van der Waals surface area contributed by atoms with Gasteiger partial charge in [0.2, 0.25) is 5.91 Å². The van der Waals surface area contributed by atoms with Crippen LogP contribution in [-0.4, -0.2) is 47.4 Å². The van der Waals surface area contributed by atoms with E-state index in [2.05, 4.69) is 15.0 Å². The van der Waals surface area contributed by atoms with Crippen LogP contribution in [0.2, 0.25) is 0 Å². The second-order valence-electron chi connectivity index (χ2n) is 4.90. The molecule has 0 atom stereocenters. The molecule has 0 spiro atoms. The lowest BCUT2D eigenvalue weighted by molar-refractivity contribution is -0.113. The number of hydrogen-bond acceptors (Lipinski definition) is 7. The van der Waals surface area contributed by atoms with Crippen molar-refractivity contribution in [1.82, 2.24) is 9.55 Å². The van der Waals surface area contributed by atoms with E-state index in [1.165, 1.54) is 44.2 Å². The molecule has 0 fully saturated rings. The van der Waals surface area contributed by atoms with Gasteiger partial charge in [-0.1, -0.05) is 11.8 Å². The highest BCUT2D eigenvalue weighted by molar-refractivity contribution is 7.99. The van der Waals surface area contributed by atoms with E-state index in [0.29, 0.717) is 5.16 Å². The number of rotatable bonds is 6. The van der Waals surface area contributed by atoms with Gasteiger partial charge in [-0.05, 0) is 18.2 Å². The van der Waals surface area contributed by atoms with Crippen molar-refractivity contribution in [3.8, 4) is 0 Å². The zero-order valence-electron chi connectivity index (χ0n) is 13.9. The third kappa shape index (κ3) is 4.60. The van der Waals surface area contributed by atoms with E-state index in [1.54, 1.807) is 17.0 Å². The number of imidazole rings is 1. The summed E-state index contributed by atoms with van der Waals surface area (Å²) in [5.74, 6) is -1.45. The highest BCUT2D eigenvalue weighted by Gasteiger charge is 2.17. The summed E-state index contributed by atoms with van der Waals surface area (Å²) in [7, 11) is 4.31. The van der Waals surface area contributed by atoms with Crippen molar-refractivity contribution < 1.29 is 23.9 Å². The van der Waals surface area contributed by atoms with Crippen LogP contribution < -0.4 is 5.32 Å². The molecule has 132 valence electrons. The summed E-state index contributed by atoms with van der Waals surface area (Å²) >= 11 is 1.25. The number of hydrogen-bond donors (Lipinski definition) is 1. The highest BCUT2D eigenvalue weighted by Crippen LogP contribution is 2.21. The Morgan fingerprint density at radius 2 is 1.92 bits per heavy atom. The van der Waals surface area contributed by atoms with Gasteiger partial charge in [0.05, 0.1) is 36.8 Å². The predicted octanol–water partition coefficient (Wildman–Crippen LogP) is 1.72. The van der Waals surface area contributed by atoms with Gasteiger partial charge in [-0.3, -0.25) is 4.79 Å². The molecule has 9 heteroatoms. The summed E-state index contributed by atoms with van der Waals surface area (Å²) in [5.41, 5.74) is 0.535. The van der Waals surface area contributed by atoms with Gasteiger partial charge in [-0.2, -0.15) is 0 Å². The number of carbonyl (C=O) groups is 3. The van der Waals surface area contributed by atoms with E-state index < -0.39 is 11.9 Å². The summed E-state index contributed by atoms with van der Waals surface area (Å²) in [6.45, 7) is 0. The molecule has 1 N–H and O–H groups in total. The van der Waals surface area contributed by atoms with Crippen LogP contribution in [0.5, 0.6) is 0 Å². The minimum atomic E-state index is -0.622. The van der Waals surface area contributed by atoms with Crippen molar-refractivity contribution in [1.29, 1.82) is 0 Å². The number of nitrogens with one attached hydrogen (secondary N) is 1. The molecule has 25 heavy (non-hydrogen) atoms. The number of carbonyl (C=O) groups excluding carboxylic acids is 3. The molecule has 0 aliphatic heterocycles. The van der Waals surface area contributed by atoms with Gasteiger partial charge in [0.15, 0.2) is 5.16 Å². The van der Waals surface area contributed by atoms with Gasteiger partial charge in [0.25, 0.3) is 0 Å². The van der Waals surface area contributed by atoms with Crippen LogP contribution in [0.25, 0.3) is 0 Å². The fraction of sp³-hybridized carbons (Fsp3) is 0.250.